The molecule has 7 N–H and O–H groups in total. The van der Waals surface area contributed by atoms with Gasteiger partial charge in [0.25, 0.3) is 0 Å². The van der Waals surface area contributed by atoms with Gasteiger partial charge in [0, 0.05) is 19.6 Å². The molecule has 0 radical (unpaired) electrons. The first-order valence-electron chi connectivity index (χ1n) is 6.82. The fourth-order valence-electron chi connectivity index (χ4n) is 1.64. The predicted octanol–water partition coefficient (Wildman–Crippen LogP) is -7.21. The van der Waals surface area contributed by atoms with Gasteiger partial charge in [0.15, 0.2) is 6.10 Å². The number of nitrogens with zero attached hydrogens (tertiary/aromatic N) is 1. The number of halogens is 1. The Morgan fingerprint density at radius 3 is 1.88 bits per heavy atom. The number of carbonyl (C=O) groups excluding carboxylic acids is 1. The van der Waals surface area contributed by atoms with E-state index in [-0.39, 0.29) is 82.8 Å². The van der Waals surface area contributed by atoms with Crippen molar-refractivity contribution in [2.75, 3.05) is 46.1 Å². The number of aliphatic hydroxyl groups excluding tert-OH is 7. The Bertz CT molecular complexity index is 316. The third-order valence-corrected chi connectivity index (χ3v) is 2.98. The van der Waals surface area contributed by atoms with Gasteiger partial charge in [0.2, 0.25) is 0 Å². The van der Waals surface area contributed by atoms with E-state index in [9.17, 15) is 20.1 Å². The van der Waals surface area contributed by atoms with Crippen molar-refractivity contribution in [2.45, 2.75) is 24.4 Å². The van der Waals surface area contributed by atoms with Gasteiger partial charge in [-0.15, -0.1) is 12.4 Å². The summed E-state index contributed by atoms with van der Waals surface area (Å²) in [5.74, 6) is -1.20. The van der Waals surface area contributed by atoms with Gasteiger partial charge in [0.1, 0.15) is 24.9 Å². The fourth-order valence-corrected chi connectivity index (χ4v) is 1.64. The number of esters is 1. The molecule has 0 rings (SSSR count). The van der Waals surface area contributed by atoms with Crippen LogP contribution >= 0.6 is 12.4 Å². The molecule has 4 atom stereocenters. The summed E-state index contributed by atoms with van der Waals surface area (Å²) in [4.78, 5) is 13.1. The normalized spacial score (nSPS) is 15.7. The van der Waals surface area contributed by atoms with Crippen LogP contribution in [0.3, 0.4) is 0 Å². The predicted molar refractivity (Wildman–Crippen MR) is 81.0 cm³/mol. The maximum absolute atomic E-state index is 11.5. The van der Waals surface area contributed by atoms with Crippen LogP contribution in [0.2, 0.25) is 0 Å². The zero-order valence-corrected chi connectivity index (χ0v) is 16.4. The summed E-state index contributed by atoms with van der Waals surface area (Å²) in [6.45, 7) is -0.563. The Labute approximate surface area is 169 Å². The SMILES string of the molecule is Cl.O=C(OCCN(CCO)CCO)[C@H](O)[C@@H](O)[C@H](O)[C@H](O)CO.[H-].[Na+]. The van der Waals surface area contributed by atoms with Crippen LogP contribution in [0.1, 0.15) is 1.43 Å². The van der Waals surface area contributed by atoms with Crippen LogP contribution < -0.4 is 29.6 Å². The first-order valence-corrected chi connectivity index (χ1v) is 6.82. The molecule has 142 valence electrons. The molecule has 0 bridgehead atoms. The molecule has 0 saturated heterocycles. The van der Waals surface area contributed by atoms with Gasteiger partial charge in [-0.25, -0.2) is 4.79 Å². The van der Waals surface area contributed by atoms with Gasteiger partial charge < -0.3 is 41.9 Å². The third-order valence-electron chi connectivity index (χ3n) is 2.98. The second-order valence-corrected chi connectivity index (χ2v) is 4.63. The van der Waals surface area contributed by atoms with Crippen molar-refractivity contribution >= 4 is 18.4 Å². The van der Waals surface area contributed by atoms with Crippen molar-refractivity contribution in [3.8, 4) is 0 Å². The van der Waals surface area contributed by atoms with Crippen LogP contribution in [0.15, 0.2) is 0 Å². The zero-order valence-electron chi connectivity index (χ0n) is 14.6. The van der Waals surface area contributed by atoms with E-state index in [1.54, 1.807) is 4.90 Å². The van der Waals surface area contributed by atoms with E-state index in [0.29, 0.717) is 0 Å². The molecule has 0 aliphatic heterocycles. The Kier molecular flexibility index (Phi) is 20.6. The molecule has 24 heavy (non-hydrogen) atoms. The van der Waals surface area contributed by atoms with Gasteiger partial charge in [0.05, 0.1) is 19.8 Å². The van der Waals surface area contributed by atoms with E-state index in [4.69, 9.17) is 25.2 Å². The van der Waals surface area contributed by atoms with Crippen molar-refractivity contribution in [2.24, 2.45) is 0 Å². The van der Waals surface area contributed by atoms with Gasteiger partial charge in [-0.05, 0) is 0 Å². The van der Waals surface area contributed by atoms with Crippen molar-refractivity contribution in [1.82, 2.24) is 4.90 Å². The fraction of sp³-hybridized carbons (Fsp3) is 0.917. The van der Waals surface area contributed by atoms with Crippen LogP contribution in [0.4, 0.5) is 0 Å². The largest absolute Gasteiger partial charge is 1.00 e. The summed E-state index contributed by atoms with van der Waals surface area (Å²) < 4.78 is 4.70. The minimum atomic E-state index is -2.08. The van der Waals surface area contributed by atoms with Crippen molar-refractivity contribution < 1.29 is 76.3 Å². The Balaban J connectivity index is -0.000000735. The molecule has 0 aromatic heterocycles. The quantitative estimate of drug-likeness (QED) is 0.126. The van der Waals surface area contributed by atoms with Crippen LogP contribution in [-0.2, 0) is 9.53 Å². The number of aliphatic hydroxyl groups is 7. The average Bonchev–Trinajstić information content (AvgIpc) is 2.52. The van der Waals surface area contributed by atoms with Gasteiger partial charge >= 0.3 is 35.5 Å². The summed E-state index contributed by atoms with van der Waals surface area (Å²) in [5.41, 5.74) is 0. The Morgan fingerprint density at radius 1 is 0.958 bits per heavy atom. The molecule has 0 saturated carbocycles. The second kappa shape index (κ2) is 16.9. The molecule has 0 aromatic carbocycles. The molecule has 0 unspecified atom stereocenters. The first kappa shape index (κ1) is 29.2. The van der Waals surface area contributed by atoms with Gasteiger partial charge in [-0.1, -0.05) is 0 Å². The molecule has 0 amide bonds. The van der Waals surface area contributed by atoms with E-state index in [1.807, 2.05) is 0 Å². The molecule has 0 aromatic rings. The van der Waals surface area contributed by atoms with Crippen molar-refractivity contribution in [3.63, 3.8) is 0 Å². The molecule has 0 heterocycles. The topological polar surface area (TPSA) is 171 Å². The van der Waals surface area contributed by atoms with E-state index in [0.717, 1.165) is 0 Å². The van der Waals surface area contributed by atoms with Crippen molar-refractivity contribution in [3.05, 3.63) is 0 Å². The third kappa shape index (κ3) is 11.1. The van der Waals surface area contributed by atoms with E-state index in [1.165, 1.54) is 0 Å². The number of ether oxygens (including phenoxy) is 1. The molecule has 0 aliphatic carbocycles. The molecule has 0 spiro atoms. The molecule has 12 heteroatoms. The zero-order chi connectivity index (χ0) is 17.1. The van der Waals surface area contributed by atoms with E-state index >= 15 is 0 Å². The summed E-state index contributed by atoms with van der Waals surface area (Å²) in [6.07, 6.45) is -7.71. The Hall–Kier alpha value is 0.440. The van der Waals surface area contributed by atoms with Gasteiger partial charge in [-0.2, -0.15) is 0 Å². The Morgan fingerprint density at radius 2 is 1.46 bits per heavy atom. The number of carbonyl (C=O) groups is 1. The maximum Gasteiger partial charge on any atom is 1.00 e. The molecular formula is C12H27ClNNaO9. The summed E-state index contributed by atoms with van der Waals surface area (Å²) >= 11 is 0. The van der Waals surface area contributed by atoms with Crippen LogP contribution in [0, 0.1) is 0 Å². The van der Waals surface area contributed by atoms with E-state index in [2.05, 4.69) is 0 Å². The number of rotatable bonds is 12. The monoisotopic (exact) mass is 387 g/mol. The molecular weight excluding hydrogens is 361 g/mol. The standard InChI is InChI=1S/C12H25NO9.ClH.Na.H/c14-4-1-13(2-5-15)3-6-22-12(21)11(20)10(19)9(18)8(17)7-16;;;/h8-11,14-20H,1-7H2;1H;;/q;;+1;-1/t8-,9-,10+,11-;;;/m1.../s1. The maximum atomic E-state index is 11.5. The average molecular weight is 388 g/mol. The molecule has 10 nitrogen and oxygen atoms in total. The summed E-state index contributed by atoms with van der Waals surface area (Å²) in [5, 5.41) is 63.7. The minimum Gasteiger partial charge on any atom is -1.00 e. The van der Waals surface area contributed by atoms with Crippen molar-refractivity contribution in [1.29, 1.82) is 0 Å². The second-order valence-electron chi connectivity index (χ2n) is 4.63. The number of hydrogen-bond acceptors (Lipinski definition) is 10. The molecule has 0 fully saturated rings. The molecule has 0 aliphatic rings. The summed E-state index contributed by atoms with van der Waals surface area (Å²) in [6, 6.07) is 0. The van der Waals surface area contributed by atoms with Crippen LogP contribution in [-0.4, -0.2) is 117 Å². The minimum absolute atomic E-state index is 0. The summed E-state index contributed by atoms with van der Waals surface area (Å²) in [7, 11) is 0. The number of hydrogen-bond donors (Lipinski definition) is 7. The first-order chi connectivity index (χ1) is 10.4. The van der Waals surface area contributed by atoms with Gasteiger partial charge in [-0.3, -0.25) is 4.90 Å². The van der Waals surface area contributed by atoms with Crippen LogP contribution in [0.25, 0.3) is 0 Å². The van der Waals surface area contributed by atoms with E-state index < -0.39 is 37.0 Å². The smallest absolute Gasteiger partial charge is 1.00 e. The van der Waals surface area contributed by atoms with Crippen LogP contribution in [0.5, 0.6) is 0 Å².